The lowest BCUT2D eigenvalue weighted by atomic mass is 9.33. The van der Waals surface area contributed by atoms with Crippen LogP contribution in [0.1, 0.15) is 132 Å². The normalized spacial score (nSPS) is 13.9. The maximum absolute atomic E-state index is 2.60. The fourth-order valence-corrected chi connectivity index (χ4v) is 11.8. The van der Waals surface area contributed by atoms with Gasteiger partial charge in [0, 0.05) is 74.4 Å². The van der Waals surface area contributed by atoms with E-state index in [-0.39, 0.29) is 33.8 Å². The summed E-state index contributed by atoms with van der Waals surface area (Å²) in [6.45, 7) is 34.6. The molecule has 2 aliphatic rings. The maximum Gasteiger partial charge on any atom is 0.254 e. The molecule has 0 N–H and O–H groups in total. The molecule has 5 heteroatoms. The maximum atomic E-state index is 2.60. The molecule has 8 aromatic carbocycles. The minimum absolute atomic E-state index is 0.000907. The first-order valence-corrected chi connectivity index (χ1v) is 26.9. The SMILES string of the molecule is Cn1c2ccccc2c2c(N(c3ccc(C(C)(C)C)cc3)c3ccc(C(C)(C)C)cc3)cc3c(c21)B1c2cc(C(C)(C)C)ccc2N(c2ccc(C(C)(C)C)cc2)c2cccc(c21)N3c1ccc(C(C)(C)C)cc1. The molecule has 0 saturated carbocycles. The summed E-state index contributed by atoms with van der Waals surface area (Å²) < 4.78 is 2.51. The predicted octanol–water partition coefficient (Wildman–Crippen LogP) is 17.4. The smallest absolute Gasteiger partial charge is 0.254 e. The van der Waals surface area contributed by atoms with Crippen molar-refractivity contribution in [3.05, 3.63) is 192 Å². The molecule has 0 spiro atoms. The molecule has 0 unspecified atom stereocenters. The number of nitrogens with zero attached hydrogens (tertiary/aromatic N) is 4. The van der Waals surface area contributed by atoms with E-state index in [1.54, 1.807) is 0 Å². The number of rotatable bonds is 5. The van der Waals surface area contributed by atoms with Gasteiger partial charge in [-0.2, -0.15) is 0 Å². The van der Waals surface area contributed by atoms with Gasteiger partial charge in [0.1, 0.15) is 0 Å². The molecule has 3 heterocycles. The summed E-state index contributed by atoms with van der Waals surface area (Å²) in [5.74, 6) is 0. The number of aryl methyl sites for hydroxylation is 1. The Bertz CT molecular complexity index is 3560. The largest absolute Gasteiger partial charge is 0.344 e. The van der Waals surface area contributed by atoms with Gasteiger partial charge in [-0.1, -0.05) is 189 Å². The molecular weight excluding hydrogens is 896 g/mol. The van der Waals surface area contributed by atoms with E-state index in [2.05, 4.69) is 294 Å². The molecule has 0 bridgehead atoms. The van der Waals surface area contributed by atoms with Crippen LogP contribution in [0.3, 0.4) is 0 Å². The van der Waals surface area contributed by atoms with Crippen LogP contribution >= 0.6 is 0 Å². The van der Waals surface area contributed by atoms with Gasteiger partial charge < -0.3 is 19.3 Å². The molecule has 0 radical (unpaired) electrons. The molecule has 2 aliphatic heterocycles. The van der Waals surface area contributed by atoms with Crippen molar-refractivity contribution < 1.29 is 0 Å². The van der Waals surface area contributed by atoms with Crippen molar-refractivity contribution in [2.45, 2.75) is 131 Å². The topological polar surface area (TPSA) is 14.7 Å². The number of hydrogen-bond donors (Lipinski definition) is 0. The van der Waals surface area contributed by atoms with Crippen molar-refractivity contribution in [1.82, 2.24) is 4.57 Å². The van der Waals surface area contributed by atoms with Gasteiger partial charge in [0.25, 0.3) is 6.71 Å². The van der Waals surface area contributed by atoms with Crippen LogP contribution in [0.4, 0.5) is 51.2 Å². The Morgan fingerprint density at radius 2 is 0.797 bits per heavy atom. The van der Waals surface area contributed by atoms with Crippen molar-refractivity contribution in [2.75, 3.05) is 14.7 Å². The van der Waals surface area contributed by atoms with Gasteiger partial charge in [0.2, 0.25) is 0 Å². The molecule has 0 atom stereocenters. The zero-order valence-corrected chi connectivity index (χ0v) is 47.0. The van der Waals surface area contributed by atoms with E-state index >= 15 is 0 Å². The van der Waals surface area contributed by atoms with E-state index in [1.807, 2.05) is 0 Å². The highest BCUT2D eigenvalue weighted by Crippen LogP contribution is 2.51. The number of aromatic nitrogens is 1. The second kappa shape index (κ2) is 17.0. The summed E-state index contributed by atoms with van der Waals surface area (Å²) in [6.07, 6.45) is 0. The summed E-state index contributed by atoms with van der Waals surface area (Å²) in [6, 6.07) is 63.5. The van der Waals surface area contributed by atoms with Crippen molar-refractivity contribution in [2.24, 2.45) is 7.05 Å². The van der Waals surface area contributed by atoms with Crippen LogP contribution in [0.5, 0.6) is 0 Å². The first-order chi connectivity index (χ1) is 34.8. The highest BCUT2D eigenvalue weighted by molar-refractivity contribution is 7.01. The van der Waals surface area contributed by atoms with Crippen LogP contribution in [0.2, 0.25) is 0 Å². The molecule has 0 fully saturated rings. The van der Waals surface area contributed by atoms with Gasteiger partial charge in [-0.05, 0) is 150 Å². The van der Waals surface area contributed by atoms with Crippen molar-refractivity contribution in [3.8, 4) is 0 Å². The minimum atomic E-state index is -0.0890. The zero-order valence-electron chi connectivity index (χ0n) is 47.0. The second-order valence-electron chi connectivity index (χ2n) is 26.5. The first kappa shape index (κ1) is 49.2. The lowest BCUT2D eigenvalue weighted by Gasteiger charge is -2.45. The third kappa shape index (κ3) is 8.13. The number of benzene rings is 8. The van der Waals surface area contributed by atoms with E-state index in [0.29, 0.717) is 0 Å². The minimum Gasteiger partial charge on any atom is -0.344 e. The van der Waals surface area contributed by atoms with E-state index in [0.717, 1.165) is 28.4 Å². The molecule has 0 saturated heterocycles. The number of fused-ring (bicyclic) bond motifs is 8. The lowest BCUT2D eigenvalue weighted by Crippen LogP contribution is -2.62. The van der Waals surface area contributed by atoms with Gasteiger partial charge in [0.05, 0.1) is 5.69 Å². The fraction of sp³-hybridized carbons (Fsp3) is 0.304. The zero-order chi connectivity index (χ0) is 52.6. The summed E-state index contributed by atoms with van der Waals surface area (Å²) in [7, 11) is 2.30. The van der Waals surface area contributed by atoms with Crippen LogP contribution in [-0.4, -0.2) is 11.3 Å². The molecular formula is C69H75BN4. The average molecular weight is 971 g/mol. The number of para-hydroxylation sites is 1. The fourth-order valence-electron chi connectivity index (χ4n) is 11.8. The Labute approximate surface area is 442 Å². The van der Waals surface area contributed by atoms with E-state index in [1.165, 1.54) is 88.8 Å². The van der Waals surface area contributed by atoms with E-state index in [9.17, 15) is 0 Å². The van der Waals surface area contributed by atoms with Crippen molar-refractivity contribution >= 4 is 96.1 Å². The van der Waals surface area contributed by atoms with Crippen LogP contribution in [-0.2, 0) is 34.1 Å². The Kier molecular flexibility index (Phi) is 11.3. The lowest BCUT2D eigenvalue weighted by molar-refractivity contribution is 0.590. The number of anilines is 9. The van der Waals surface area contributed by atoms with Gasteiger partial charge in [-0.15, -0.1) is 0 Å². The highest BCUT2D eigenvalue weighted by atomic mass is 15.2. The van der Waals surface area contributed by atoms with Gasteiger partial charge in [-0.3, -0.25) is 0 Å². The van der Waals surface area contributed by atoms with Gasteiger partial charge in [0.15, 0.2) is 0 Å². The number of hydrogen-bond acceptors (Lipinski definition) is 3. The Hall–Kier alpha value is -6.98. The summed E-state index contributed by atoms with van der Waals surface area (Å²) in [5.41, 5.74) is 23.5. The summed E-state index contributed by atoms with van der Waals surface area (Å²) in [5, 5.41) is 2.49. The Morgan fingerprint density at radius 1 is 0.378 bits per heavy atom. The quantitative estimate of drug-likeness (QED) is 0.160. The molecule has 0 aliphatic carbocycles. The monoisotopic (exact) mass is 971 g/mol. The molecule has 1 aromatic heterocycles. The van der Waals surface area contributed by atoms with E-state index < -0.39 is 0 Å². The Balaban J connectivity index is 1.29. The van der Waals surface area contributed by atoms with Gasteiger partial charge >= 0.3 is 0 Å². The first-order valence-electron chi connectivity index (χ1n) is 26.9. The molecule has 74 heavy (non-hydrogen) atoms. The van der Waals surface area contributed by atoms with Crippen molar-refractivity contribution in [1.29, 1.82) is 0 Å². The molecule has 0 amide bonds. The van der Waals surface area contributed by atoms with Crippen LogP contribution in [0.15, 0.2) is 164 Å². The third-order valence-corrected chi connectivity index (χ3v) is 16.2. The van der Waals surface area contributed by atoms with Crippen molar-refractivity contribution in [3.63, 3.8) is 0 Å². The molecule has 9 aromatic rings. The summed E-state index contributed by atoms with van der Waals surface area (Å²) >= 11 is 0. The molecule has 4 nitrogen and oxygen atoms in total. The third-order valence-electron chi connectivity index (χ3n) is 16.2. The predicted molar refractivity (Wildman–Crippen MR) is 323 cm³/mol. The standard InChI is InChI=1S/C69H75BN4/c1-65(2,3)44-24-33-49(34-25-44)72(50-35-26-45(27-36-50)66(4,5)6)59-43-60-63(64-61(59)53-20-17-18-21-55(53)71(64)16)70-54-42-48(69(13,14)15)32-41-56(54)73(51-37-28-46(29-38-51)67(7,8)9)57-22-19-23-58(62(57)70)74(60)52-39-30-47(31-40-52)68(10,11)12/h17-43H,1-16H3. The molecule has 11 rings (SSSR count). The Morgan fingerprint density at radius 3 is 1.26 bits per heavy atom. The van der Waals surface area contributed by atoms with Crippen LogP contribution in [0.25, 0.3) is 21.8 Å². The molecule has 374 valence electrons. The average Bonchev–Trinajstić information content (AvgIpc) is 3.70. The van der Waals surface area contributed by atoms with E-state index in [4.69, 9.17) is 0 Å². The van der Waals surface area contributed by atoms with Crippen LogP contribution in [0, 0.1) is 0 Å². The van der Waals surface area contributed by atoms with Crippen LogP contribution < -0.4 is 31.1 Å². The summed E-state index contributed by atoms with van der Waals surface area (Å²) in [4.78, 5) is 7.68. The highest BCUT2D eigenvalue weighted by Gasteiger charge is 2.46. The van der Waals surface area contributed by atoms with Gasteiger partial charge in [-0.25, -0.2) is 0 Å². The second-order valence-corrected chi connectivity index (χ2v) is 26.5.